The number of rotatable bonds is 4. The maximum Gasteiger partial charge on any atom is 0.128 e. The molecule has 0 saturated carbocycles. The Labute approximate surface area is 117 Å². The number of ether oxygens (including phenoxy) is 1. The van der Waals surface area contributed by atoms with Crippen LogP contribution in [-0.2, 0) is 0 Å². The van der Waals surface area contributed by atoms with Crippen LogP contribution in [0.4, 0.5) is 0 Å². The second kappa shape index (κ2) is 5.85. The van der Waals surface area contributed by atoms with Gasteiger partial charge >= 0.3 is 0 Å². The molecule has 2 rings (SSSR count). The summed E-state index contributed by atoms with van der Waals surface area (Å²) in [6.07, 6.45) is 0. The minimum Gasteiger partial charge on any atom is -0.494 e. The van der Waals surface area contributed by atoms with Crippen molar-refractivity contribution in [1.29, 1.82) is 5.26 Å². The Kier molecular flexibility index (Phi) is 4.18. The van der Waals surface area contributed by atoms with E-state index in [1.54, 1.807) is 0 Å². The number of hydrogen-bond donors (Lipinski definition) is 0. The molecule has 0 aliphatic rings. The Hall–Kier alpha value is -1.86. The van der Waals surface area contributed by atoms with Gasteiger partial charge in [0.25, 0.3) is 0 Å². The smallest absolute Gasteiger partial charge is 0.128 e. The zero-order valence-corrected chi connectivity index (χ0v) is 12.1. The zero-order chi connectivity index (χ0) is 13.8. The molecule has 0 radical (unpaired) electrons. The molecule has 0 amide bonds. The van der Waals surface area contributed by atoms with E-state index < -0.39 is 0 Å². The van der Waals surface area contributed by atoms with E-state index in [9.17, 15) is 0 Å². The molecule has 19 heavy (non-hydrogen) atoms. The van der Waals surface area contributed by atoms with Crippen molar-refractivity contribution in [1.82, 2.24) is 4.98 Å². The summed E-state index contributed by atoms with van der Waals surface area (Å²) in [5.41, 5.74) is 1.88. The van der Waals surface area contributed by atoms with Gasteiger partial charge in [0.05, 0.1) is 12.3 Å². The number of nitrogens with zero attached hydrogens (tertiary/aromatic N) is 2. The van der Waals surface area contributed by atoms with E-state index in [1.165, 1.54) is 11.3 Å². The van der Waals surface area contributed by atoms with Crippen molar-refractivity contribution in [2.75, 3.05) is 6.61 Å². The molecule has 1 aromatic heterocycles. The van der Waals surface area contributed by atoms with E-state index in [-0.39, 0.29) is 5.92 Å². The van der Waals surface area contributed by atoms with E-state index >= 15 is 0 Å². The quantitative estimate of drug-likeness (QED) is 0.837. The predicted molar refractivity (Wildman–Crippen MR) is 77.5 cm³/mol. The number of nitriles is 1. The molecule has 0 aliphatic heterocycles. The summed E-state index contributed by atoms with van der Waals surface area (Å²) in [5, 5.41) is 10.0. The Balaban J connectivity index is 2.42. The number of thiazole rings is 1. The summed E-state index contributed by atoms with van der Waals surface area (Å²) in [4.78, 5) is 5.29. The molecule has 0 spiro atoms. The van der Waals surface area contributed by atoms with Gasteiger partial charge in [-0.05, 0) is 25.0 Å². The number of benzene rings is 1. The molecule has 1 heterocycles. The highest BCUT2D eigenvalue weighted by Gasteiger charge is 2.15. The first-order valence-electron chi connectivity index (χ1n) is 6.29. The van der Waals surface area contributed by atoms with Crippen molar-refractivity contribution in [3.05, 3.63) is 34.8 Å². The van der Waals surface area contributed by atoms with Crippen LogP contribution in [-0.4, -0.2) is 11.6 Å². The second-order valence-electron chi connectivity index (χ2n) is 4.46. The maximum absolute atomic E-state index is 9.16. The summed E-state index contributed by atoms with van der Waals surface area (Å²) in [5.74, 6) is 1.09. The lowest BCUT2D eigenvalue weighted by Gasteiger charge is -2.04. The predicted octanol–water partition coefficient (Wildman–Crippen LogP) is 4.20. The second-order valence-corrected chi connectivity index (χ2v) is 5.46. The third kappa shape index (κ3) is 2.94. The monoisotopic (exact) mass is 272 g/mol. The summed E-state index contributed by atoms with van der Waals surface area (Å²) in [7, 11) is 0. The first-order chi connectivity index (χ1) is 9.15. The van der Waals surface area contributed by atoms with Crippen LogP contribution in [0, 0.1) is 11.3 Å². The normalized spacial score (nSPS) is 10.5. The topological polar surface area (TPSA) is 45.9 Å². The van der Waals surface area contributed by atoms with Gasteiger partial charge in [0.15, 0.2) is 0 Å². The fourth-order valence-corrected chi connectivity index (χ4v) is 2.83. The van der Waals surface area contributed by atoms with Gasteiger partial charge in [0, 0.05) is 5.56 Å². The summed E-state index contributed by atoms with van der Waals surface area (Å²) in [6.45, 7) is 6.70. The van der Waals surface area contributed by atoms with Gasteiger partial charge in [0.2, 0.25) is 0 Å². The SMILES string of the molecule is CCOc1cccc(-c2nc(C(C)C)c(C#N)s2)c1. The fourth-order valence-electron chi connectivity index (χ4n) is 1.81. The maximum atomic E-state index is 9.16. The molecular weight excluding hydrogens is 256 g/mol. The Morgan fingerprint density at radius 1 is 1.42 bits per heavy atom. The van der Waals surface area contributed by atoms with Gasteiger partial charge in [-0.2, -0.15) is 5.26 Å². The Bertz CT molecular complexity index is 611. The minimum absolute atomic E-state index is 0.259. The van der Waals surface area contributed by atoms with Gasteiger partial charge in [-0.15, -0.1) is 11.3 Å². The summed E-state index contributed by atoms with van der Waals surface area (Å²) >= 11 is 1.44. The first-order valence-corrected chi connectivity index (χ1v) is 7.11. The Morgan fingerprint density at radius 2 is 2.21 bits per heavy atom. The van der Waals surface area contributed by atoms with Crippen molar-refractivity contribution in [2.45, 2.75) is 26.7 Å². The van der Waals surface area contributed by atoms with Gasteiger partial charge in [0.1, 0.15) is 21.7 Å². The van der Waals surface area contributed by atoms with Crippen LogP contribution in [0.15, 0.2) is 24.3 Å². The van der Waals surface area contributed by atoms with Crippen molar-refractivity contribution in [3.63, 3.8) is 0 Å². The fraction of sp³-hybridized carbons (Fsp3) is 0.333. The highest BCUT2D eigenvalue weighted by Crippen LogP contribution is 2.32. The lowest BCUT2D eigenvalue weighted by molar-refractivity contribution is 0.340. The van der Waals surface area contributed by atoms with Gasteiger partial charge in [-0.1, -0.05) is 26.0 Å². The molecule has 4 heteroatoms. The highest BCUT2D eigenvalue weighted by molar-refractivity contribution is 7.15. The first kappa shape index (κ1) is 13.6. The van der Waals surface area contributed by atoms with Crippen molar-refractivity contribution >= 4 is 11.3 Å². The molecule has 3 nitrogen and oxygen atoms in total. The minimum atomic E-state index is 0.259. The molecule has 98 valence electrons. The third-order valence-corrected chi connectivity index (χ3v) is 3.72. The molecule has 0 N–H and O–H groups in total. The number of hydrogen-bond acceptors (Lipinski definition) is 4. The molecule has 0 bridgehead atoms. The molecular formula is C15H16N2OS. The molecule has 0 fully saturated rings. The van der Waals surface area contributed by atoms with E-state index in [0.717, 1.165) is 22.0 Å². The van der Waals surface area contributed by atoms with Crippen molar-refractivity contribution in [2.24, 2.45) is 0 Å². The zero-order valence-electron chi connectivity index (χ0n) is 11.3. The highest BCUT2D eigenvalue weighted by atomic mass is 32.1. The molecule has 0 saturated heterocycles. The van der Waals surface area contributed by atoms with Gasteiger partial charge in [-0.25, -0.2) is 4.98 Å². The van der Waals surface area contributed by atoms with Gasteiger partial charge < -0.3 is 4.74 Å². The lowest BCUT2D eigenvalue weighted by Crippen LogP contribution is -1.92. The number of aromatic nitrogens is 1. The molecule has 2 aromatic rings. The van der Waals surface area contributed by atoms with E-state index in [2.05, 4.69) is 24.9 Å². The van der Waals surface area contributed by atoms with Gasteiger partial charge in [-0.3, -0.25) is 0 Å². The van der Waals surface area contributed by atoms with Crippen LogP contribution < -0.4 is 4.74 Å². The van der Waals surface area contributed by atoms with Crippen molar-refractivity contribution < 1.29 is 4.74 Å². The van der Waals surface area contributed by atoms with Crippen molar-refractivity contribution in [3.8, 4) is 22.4 Å². The largest absolute Gasteiger partial charge is 0.494 e. The third-order valence-electron chi connectivity index (χ3n) is 2.69. The average molecular weight is 272 g/mol. The van der Waals surface area contributed by atoms with Crippen LogP contribution >= 0.6 is 11.3 Å². The van der Waals surface area contributed by atoms with Crippen LogP contribution in [0.5, 0.6) is 5.75 Å². The van der Waals surface area contributed by atoms with Crippen LogP contribution in [0.1, 0.15) is 37.3 Å². The molecule has 0 aliphatic carbocycles. The standard InChI is InChI=1S/C15H16N2OS/c1-4-18-12-7-5-6-11(8-12)15-17-14(10(2)3)13(9-16)19-15/h5-8,10H,4H2,1-3H3. The van der Waals surface area contributed by atoms with Crippen LogP contribution in [0.3, 0.4) is 0 Å². The van der Waals surface area contributed by atoms with E-state index in [4.69, 9.17) is 10.00 Å². The molecule has 1 aromatic carbocycles. The molecule has 0 unspecified atom stereocenters. The van der Waals surface area contributed by atoms with E-state index in [0.29, 0.717) is 11.5 Å². The lowest BCUT2D eigenvalue weighted by atomic mass is 10.1. The van der Waals surface area contributed by atoms with E-state index in [1.807, 2.05) is 31.2 Å². The molecule has 0 atom stereocenters. The summed E-state index contributed by atoms with van der Waals surface area (Å²) < 4.78 is 5.49. The van der Waals surface area contributed by atoms with Crippen LogP contribution in [0.25, 0.3) is 10.6 Å². The van der Waals surface area contributed by atoms with Crippen LogP contribution in [0.2, 0.25) is 0 Å². The average Bonchev–Trinajstić information content (AvgIpc) is 2.84. The summed E-state index contributed by atoms with van der Waals surface area (Å²) in [6, 6.07) is 10.1. The Morgan fingerprint density at radius 3 is 2.79 bits per heavy atom.